The molecule has 0 bridgehead atoms. The van der Waals surface area contributed by atoms with E-state index < -0.39 is 11.6 Å². The summed E-state index contributed by atoms with van der Waals surface area (Å²) >= 11 is 0. The molecular formula is C35H45N3O4. The number of aliphatic hydroxyl groups is 1. The molecule has 224 valence electrons. The highest BCUT2D eigenvalue weighted by Crippen LogP contribution is 2.53. The standard InChI is InChI=1S/C35H45N3O4/c1-4-41-31-17-23(16-29(25-7-8-25)32(31)27-9-10-28(21-36)22(2)15-27)5-6-24-18-35(19-24)20-30(38-42-35)26-11-13-34(3,14-12-26)33(39)37-40/h9-10,15,17,23-26,33,39H,4-8,11-14,16,18-20H2,1-3H3. The van der Waals surface area contributed by atoms with Gasteiger partial charge in [-0.15, -0.1) is 4.91 Å². The summed E-state index contributed by atoms with van der Waals surface area (Å²) in [7, 11) is 0. The van der Waals surface area contributed by atoms with E-state index in [1.807, 2.05) is 19.9 Å². The van der Waals surface area contributed by atoms with Crippen LogP contribution >= 0.6 is 0 Å². The number of hydrogen-bond acceptors (Lipinski definition) is 7. The van der Waals surface area contributed by atoms with E-state index in [1.165, 1.54) is 36.1 Å². The van der Waals surface area contributed by atoms with Crippen LogP contribution in [0.5, 0.6) is 0 Å². The molecule has 2 unspecified atom stereocenters. The number of oxime groups is 1. The third-order valence-electron chi connectivity index (χ3n) is 10.9. The normalized spacial score (nSPS) is 33.3. The van der Waals surface area contributed by atoms with Crippen molar-refractivity contribution in [2.24, 2.45) is 39.4 Å². The smallest absolute Gasteiger partial charge is 0.192 e. The third-order valence-corrected chi connectivity index (χ3v) is 10.9. The molecule has 2 atom stereocenters. The monoisotopic (exact) mass is 571 g/mol. The van der Waals surface area contributed by atoms with Crippen LogP contribution in [0, 0.1) is 52.2 Å². The highest BCUT2D eigenvalue weighted by molar-refractivity contribution is 5.88. The first kappa shape index (κ1) is 29.1. The minimum atomic E-state index is -1.12. The Hall–Kier alpha value is -2.98. The lowest BCUT2D eigenvalue weighted by Gasteiger charge is -2.43. The first-order chi connectivity index (χ1) is 20.3. The summed E-state index contributed by atoms with van der Waals surface area (Å²) < 4.78 is 6.28. The molecule has 5 aliphatic rings. The van der Waals surface area contributed by atoms with Crippen LogP contribution in [0.15, 0.2) is 45.9 Å². The van der Waals surface area contributed by atoms with E-state index in [0.717, 1.165) is 74.7 Å². The molecule has 0 amide bonds. The molecule has 3 fully saturated rings. The molecule has 3 saturated carbocycles. The van der Waals surface area contributed by atoms with E-state index in [0.29, 0.717) is 30.3 Å². The average molecular weight is 572 g/mol. The van der Waals surface area contributed by atoms with Crippen molar-refractivity contribution in [3.8, 4) is 6.07 Å². The van der Waals surface area contributed by atoms with Crippen molar-refractivity contribution in [3.63, 3.8) is 0 Å². The quantitative estimate of drug-likeness (QED) is 0.287. The molecule has 1 heterocycles. The molecule has 4 aliphatic carbocycles. The van der Waals surface area contributed by atoms with Crippen molar-refractivity contribution in [1.82, 2.24) is 0 Å². The van der Waals surface area contributed by atoms with E-state index in [9.17, 15) is 15.3 Å². The second-order valence-corrected chi connectivity index (χ2v) is 14.0. The van der Waals surface area contributed by atoms with Crippen LogP contribution in [0.3, 0.4) is 0 Å². The van der Waals surface area contributed by atoms with Crippen LogP contribution in [-0.2, 0) is 9.57 Å². The SMILES string of the molecule is CCOC1=CC(CCC2CC3(CC(C4CCC(C)(C(O)N=O)CC4)=NO3)C2)CC(C2CC2)=C1c1ccc(C#N)c(C)c1. The molecule has 0 saturated heterocycles. The van der Waals surface area contributed by atoms with Gasteiger partial charge in [0.25, 0.3) is 0 Å². The van der Waals surface area contributed by atoms with Gasteiger partial charge in [0.1, 0.15) is 11.4 Å². The van der Waals surface area contributed by atoms with E-state index in [1.54, 1.807) is 5.57 Å². The van der Waals surface area contributed by atoms with E-state index in [4.69, 9.17) is 9.57 Å². The highest BCUT2D eigenvalue weighted by Gasteiger charge is 2.52. The van der Waals surface area contributed by atoms with Crippen LogP contribution in [0.25, 0.3) is 5.57 Å². The van der Waals surface area contributed by atoms with Gasteiger partial charge in [0.05, 0.1) is 24.0 Å². The number of aryl methyl sites for hydroxylation is 1. The fourth-order valence-corrected chi connectivity index (χ4v) is 8.07. The number of benzene rings is 1. The predicted molar refractivity (Wildman–Crippen MR) is 163 cm³/mol. The number of aliphatic hydroxyl groups excluding tert-OH is 1. The first-order valence-corrected chi connectivity index (χ1v) is 16.1. The molecular weight excluding hydrogens is 526 g/mol. The number of nitrogens with zero attached hydrogens (tertiary/aromatic N) is 3. The van der Waals surface area contributed by atoms with Gasteiger partial charge in [0.2, 0.25) is 0 Å². The van der Waals surface area contributed by atoms with E-state index >= 15 is 0 Å². The Balaban J connectivity index is 1.04. The van der Waals surface area contributed by atoms with Gasteiger partial charge >= 0.3 is 0 Å². The molecule has 7 heteroatoms. The van der Waals surface area contributed by atoms with Crippen molar-refractivity contribution in [2.45, 2.75) is 110 Å². The van der Waals surface area contributed by atoms with Crippen LogP contribution in [0.4, 0.5) is 0 Å². The summed E-state index contributed by atoms with van der Waals surface area (Å²) in [4.78, 5) is 17.0. The Bertz CT molecular complexity index is 1340. The Morgan fingerprint density at radius 2 is 1.95 bits per heavy atom. The van der Waals surface area contributed by atoms with Gasteiger partial charge in [-0.3, -0.25) is 0 Å². The van der Waals surface area contributed by atoms with Crippen molar-refractivity contribution >= 4 is 11.3 Å². The zero-order chi connectivity index (χ0) is 29.5. The van der Waals surface area contributed by atoms with Crippen molar-refractivity contribution in [2.75, 3.05) is 6.61 Å². The molecule has 1 aromatic rings. The van der Waals surface area contributed by atoms with Crippen molar-refractivity contribution in [1.29, 1.82) is 5.26 Å². The predicted octanol–water partition coefficient (Wildman–Crippen LogP) is 7.96. The average Bonchev–Trinajstić information content (AvgIpc) is 3.73. The number of rotatable bonds is 10. The summed E-state index contributed by atoms with van der Waals surface area (Å²) in [5.74, 6) is 3.24. The lowest BCUT2D eigenvalue weighted by atomic mass is 9.64. The van der Waals surface area contributed by atoms with Crippen LogP contribution in [0.1, 0.15) is 108 Å². The first-order valence-electron chi connectivity index (χ1n) is 16.1. The van der Waals surface area contributed by atoms with Gasteiger partial charge in [-0.25, -0.2) is 0 Å². The maximum atomic E-state index is 10.9. The number of nitroso groups, excluding NO2 is 1. The summed E-state index contributed by atoms with van der Waals surface area (Å²) in [6.07, 6.45) is 13.8. The Labute approximate surface area is 250 Å². The van der Waals surface area contributed by atoms with Gasteiger partial charge < -0.3 is 14.7 Å². The van der Waals surface area contributed by atoms with Crippen molar-refractivity contribution < 1.29 is 14.7 Å². The van der Waals surface area contributed by atoms with Gasteiger partial charge in [-0.1, -0.05) is 23.7 Å². The zero-order valence-electron chi connectivity index (χ0n) is 25.4. The minimum absolute atomic E-state index is 0.108. The second kappa shape index (κ2) is 11.6. The lowest BCUT2D eigenvalue weighted by molar-refractivity contribution is -0.110. The van der Waals surface area contributed by atoms with Gasteiger partial charge in [0, 0.05) is 23.3 Å². The maximum absolute atomic E-state index is 10.9. The fourth-order valence-electron chi connectivity index (χ4n) is 8.07. The van der Waals surface area contributed by atoms with Gasteiger partial charge in [-0.2, -0.15) is 5.26 Å². The number of ether oxygens (including phenoxy) is 1. The second-order valence-electron chi connectivity index (χ2n) is 14.0. The molecule has 1 N–H and O–H groups in total. The molecule has 1 aliphatic heterocycles. The molecule has 42 heavy (non-hydrogen) atoms. The number of hydrogen-bond donors (Lipinski definition) is 1. The maximum Gasteiger partial charge on any atom is 0.192 e. The molecule has 0 radical (unpaired) electrons. The number of nitriles is 1. The summed E-state index contributed by atoms with van der Waals surface area (Å²) in [6.45, 7) is 6.70. The van der Waals surface area contributed by atoms with Gasteiger partial charge in [0.15, 0.2) is 6.23 Å². The van der Waals surface area contributed by atoms with E-state index in [2.05, 4.69) is 41.5 Å². The fraction of sp³-hybridized carbons (Fsp3) is 0.657. The van der Waals surface area contributed by atoms with Crippen molar-refractivity contribution in [3.05, 3.63) is 57.2 Å². The largest absolute Gasteiger partial charge is 0.494 e. The molecule has 0 aromatic heterocycles. The summed E-state index contributed by atoms with van der Waals surface area (Å²) in [6, 6.07) is 8.51. The Morgan fingerprint density at radius 1 is 1.19 bits per heavy atom. The summed E-state index contributed by atoms with van der Waals surface area (Å²) in [5.41, 5.74) is 6.43. The van der Waals surface area contributed by atoms with Crippen LogP contribution in [0.2, 0.25) is 0 Å². The van der Waals surface area contributed by atoms with Gasteiger partial charge in [-0.05, 0) is 137 Å². The van der Waals surface area contributed by atoms with Crippen LogP contribution in [-0.4, -0.2) is 29.3 Å². The molecule has 6 rings (SSSR count). The molecule has 1 aromatic carbocycles. The van der Waals surface area contributed by atoms with Crippen LogP contribution < -0.4 is 0 Å². The Kier molecular flexibility index (Phi) is 8.04. The zero-order valence-corrected chi connectivity index (χ0v) is 25.4. The van der Waals surface area contributed by atoms with E-state index in [-0.39, 0.29) is 5.60 Å². The molecule has 1 spiro atoms. The molecule has 7 nitrogen and oxygen atoms in total. The number of allylic oxidation sites excluding steroid dienone is 3. The lowest BCUT2D eigenvalue weighted by Crippen LogP contribution is -2.45. The highest BCUT2D eigenvalue weighted by atomic mass is 16.7. The topological polar surface area (TPSA) is 104 Å². The Morgan fingerprint density at radius 3 is 2.60 bits per heavy atom. The minimum Gasteiger partial charge on any atom is -0.494 e. The summed E-state index contributed by atoms with van der Waals surface area (Å²) in [5, 5.41) is 26.9. The third kappa shape index (κ3) is 5.67.